The smallest absolute Gasteiger partial charge is 0.213 e. The highest BCUT2D eigenvalue weighted by atomic mass is 32.2. The molecule has 140 valence electrons. The Labute approximate surface area is 155 Å². The van der Waals surface area contributed by atoms with Gasteiger partial charge in [-0.25, -0.2) is 12.7 Å². The van der Waals surface area contributed by atoms with Gasteiger partial charge in [-0.05, 0) is 54.9 Å². The van der Waals surface area contributed by atoms with E-state index in [1.807, 2.05) is 12.1 Å². The van der Waals surface area contributed by atoms with Crippen LogP contribution in [0.5, 0.6) is 0 Å². The molecule has 26 heavy (non-hydrogen) atoms. The van der Waals surface area contributed by atoms with Crippen molar-refractivity contribution in [2.24, 2.45) is 0 Å². The second-order valence-corrected chi connectivity index (χ2v) is 9.64. The van der Waals surface area contributed by atoms with Crippen LogP contribution in [0.3, 0.4) is 0 Å². The van der Waals surface area contributed by atoms with E-state index < -0.39 is 10.0 Å². The van der Waals surface area contributed by atoms with Gasteiger partial charge in [-0.3, -0.25) is 0 Å². The Morgan fingerprint density at radius 2 is 1.96 bits per heavy atom. The molecule has 0 bridgehead atoms. The Morgan fingerprint density at radius 1 is 1.19 bits per heavy atom. The fourth-order valence-corrected chi connectivity index (χ4v) is 5.67. The van der Waals surface area contributed by atoms with Crippen molar-refractivity contribution in [3.05, 3.63) is 59.5 Å². The van der Waals surface area contributed by atoms with E-state index in [1.54, 1.807) is 17.5 Å². The predicted octanol–water partition coefficient (Wildman–Crippen LogP) is 3.20. The molecule has 2 aliphatic rings. The summed E-state index contributed by atoms with van der Waals surface area (Å²) in [5, 5.41) is 3.64. The van der Waals surface area contributed by atoms with Gasteiger partial charge in [0.05, 0.1) is 18.6 Å². The summed E-state index contributed by atoms with van der Waals surface area (Å²) in [5.41, 5.74) is 2.83. The summed E-state index contributed by atoms with van der Waals surface area (Å²) in [5.74, 6) is 1.12. The third-order valence-corrected chi connectivity index (χ3v) is 7.92. The monoisotopic (exact) mass is 374 g/mol. The maximum absolute atomic E-state index is 12.2. The molecule has 1 aromatic carbocycles. The first kappa shape index (κ1) is 17.8. The molecule has 0 amide bonds. The number of hydrogen-bond donors (Lipinski definition) is 1. The van der Waals surface area contributed by atoms with Gasteiger partial charge < -0.3 is 9.73 Å². The highest BCUT2D eigenvalue weighted by molar-refractivity contribution is 7.89. The van der Waals surface area contributed by atoms with Crippen LogP contribution in [-0.2, 0) is 22.0 Å². The minimum absolute atomic E-state index is 0.0805. The lowest BCUT2D eigenvalue weighted by molar-refractivity contribution is 0.219. The van der Waals surface area contributed by atoms with Crippen molar-refractivity contribution in [2.45, 2.75) is 44.2 Å². The van der Waals surface area contributed by atoms with E-state index in [9.17, 15) is 8.42 Å². The molecule has 2 heterocycles. The molecule has 1 aromatic heterocycles. The lowest BCUT2D eigenvalue weighted by Gasteiger charge is -2.39. The van der Waals surface area contributed by atoms with Crippen LogP contribution in [-0.4, -0.2) is 31.6 Å². The maximum atomic E-state index is 12.2. The number of rotatable bonds is 5. The van der Waals surface area contributed by atoms with Gasteiger partial charge >= 0.3 is 0 Å². The zero-order chi connectivity index (χ0) is 18.2. The van der Waals surface area contributed by atoms with Gasteiger partial charge in [-0.15, -0.1) is 0 Å². The van der Waals surface area contributed by atoms with E-state index in [0.717, 1.165) is 25.0 Å². The fraction of sp³-hybridized carbons (Fsp3) is 0.500. The van der Waals surface area contributed by atoms with Crippen LogP contribution in [0.4, 0.5) is 0 Å². The predicted molar refractivity (Wildman–Crippen MR) is 101 cm³/mol. The minimum Gasteiger partial charge on any atom is -0.468 e. The highest BCUT2D eigenvalue weighted by Gasteiger charge is 2.46. The molecule has 5 nitrogen and oxygen atoms in total. The van der Waals surface area contributed by atoms with Crippen LogP contribution in [0.2, 0.25) is 0 Å². The summed E-state index contributed by atoms with van der Waals surface area (Å²) in [7, 11) is -3.09. The number of nitrogens with zero attached hydrogens (tertiary/aromatic N) is 1. The molecule has 1 spiro atoms. The number of furan rings is 1. The lowest BCUT2D eigenvalue weighted by atomic mass is 9.74. The van der Waals surface area contributed by atoms with E-state index in [2.05, 4.69) is 29.6 Å². The third kappa shape index (κ3) is 3.10. The number of hydrogen-bond acceptors (Lipinski definition) is 4. The molecule has 1 saturated heterocycles. The zero-order valence-electron chi connectivity index (χ0n) is 15.1. The first-order valence-corrected chi connectivity index (χ1v) is 11.0. The lowest BCUT2D eigenvalue weighted by Crippen LogP contribution is -2.45. The summed E-state index contributed by atoms with van der Waals surface area (Å²) in [4.78, 5) is 0. The SMILES string of the molecule is CCS(=O)(=O)N1CCC2(CC1)CC(NCc1ccco1)c1ccccc12. The van der Waals surface area contributed by atoms with Crippen LogP contribution in [0, 0.1) is 0 Å². The standard InChI is InChI=1S/C20H26N2O3S/c1-2-26(23,24)22-11-9-20(10-12-22)14-19(17-7-3-4-8-18(17)20)21-15-16-6-5-13-25-16/h3-8,13,19,21H,2,9-12,14-15H2,1H3. The average molecular weight is 375 g/mol. The van der Waals surface area contributed by atoms with Gasteiger partial charge in [0.25, 0.3) is 0 Å². The van der Waals surface area contributed by atoms with E-state index in [0.29, 0.717) is 19.6 Å². The van der Waals surface area contributed by atoms with Crippen molar-refractivity contribution in [3.8, 4) is 0 Å². The summed E-state index contributed by atoms with van der Waals surface area (Å²) < 4.78 is 31.5. The largest absolute Gasteiger partial charge is 0.468 e. The Bertz CT molecular complexity index is 853. The average Bonchev–Trinajstić information content (AvgIpc) is 3.28. The Balaban J connectivity index is 1.53. The molecule has 1 unspecified atom stereocenters. The number of nitrogens with one attached hydrogen (secondary N) is 1. The Kier molecular flexibility index (Phi) is 4.67. The maximum Gasteiger partial charge on any atom is 0.213 e. The molecule has 1 aliphatic heterocycles. The van der Waals surface area contributed by atoms with Crippen LogP contribution < -0.4 is 5.32 Å². The molecular formula is C20H26N2O3S. The van der Waals surface area contributed by atoms with Crippen LogP contribution >= 0.6 is 0 Å². The molecule has 0 radical (unpaired) electrons. The first-order chi connectivity index (χ1) is 12.5. The van der Waals surface area contributed by atoms with Gasteiger partial charge in [-0.2, -0.15) is 0 Å². The molecule has 1 fully saturated rings. The molecular weight excluding hydrogens is 348 g/mol. The van der Waals surface area contributed by atoms with Crippen molar-refractivity contribution < 1.29 is 12.8 Å². The van der Waals surface area contributed by atoms with Gasteiger partial charge in [0, 0.05) is 19.1 Å². The van der Waals surface area contributed by atoms with Crippen molar-refractivity contribution in [2.75, 3.05) is 18.8 Å². The van der Waals surface area contributed by atoms with Gasteiger partial charge in [0.1, 0.15) is 5.76 Å². The molecule has 2 aromatic rings. The minimum atomic E-state index is -3.09. The number of fused-ring (bicyclic) bond motifs is 2. The zero-order valence-corrected chi connectivity index (χ0v) is 16.0. The molecule has 1 atom stereocenters. The van der Waals surface area contributed by atoms with Crippen molar-refractivity contribution in [1.82, 2.24) is 9.62 Å². The summed E-state index contributed by atoms with van der Waals surface area (Å²) in [6.45, 7) is 3.67. The van der Waals surface area contributed by atoms with E-state index >= 15 is 0 Å². The third-order valence-electron chi connectivity index (χ3n) is 6.04. The topological polar surface area (TPSA) is 62.6 Å². The molecule has 0 saturated carbocycles. The number of benzene rings is 1. The molecule has 1 N–H and O–H groups in total. The van der Waals surface area contributed by atoms with Gasteiger partial charge in [-0.1, -0.05) is 24.3 Å². The Morgan fingerprint density at radius 3 is 2.65 bits per heavy atom. The van der Waals surface area contributed by atoms with E-state index in [1.165, 1.54) is 11.1 Å². The molecule has 4 rings (SSSR count). The highest BCUT2D eigenvalue weighted by Crippen LogP contribution is 2.51. The van der Waals surface area contributed by atoms with Crippen molar-refractivity contribution in [3.63, 3.8) is 0 Å². The Hall–Kier alpha value is -1.63. The van der Waals surface area contributed by atoms with Crippen LogP contribution in [0.25, 0.3) is 0 Å². The molecule has 1 aliphatic carbocycles. The van der Waals surface area contributed by atoms with Crippen LogP contribution in [0.15, 0.2) is 47.1 Å². The van der Waals surface area contributed by atoms with E-state index in [4.69, 9.17) is 4.42 Å². The quantitative estimate of drug-likeness (QED) is 0.873. The second kappa shape index (κ2) is 6.83. The number of piperidine rings is 1. The van der Waals surface area contributed by atoms with Gasteiger partial charge in [0.2, 0.25) is 10.0 Å². The summed E-state index contributed by atoms with van der Waals surface area (Å²) in [6.07, 6.45) is 4.50. The first-order valence-electron chi connectivity index (χ1n) is 9.37. The fourth-order valence-electron chi connectivity index (χ4n) is 4.56. The summed E-state index contributed by atoms with van der Waals surface area (Å²) >= 11 is 0. The van der Waals surface area contributed by atoms with Crippen molar-refractivity contribution in [1.29, 1.82) is 0 Å². The van der Waals surface area contributed by atoms with Crippen LogP contribution in [0.1, 0.15) is 49.1 Å². The number of sulfonamides is 1. The van der Waals surface area contributed by atoms with Crippen molar-refractivity contribution >= 4 is 10.0 Å². The second-order valence-electron chi connectivity index (χ2n) is 7.38. The van der Waals surface area contributed by atoms with E-state index in [-0.39, 0.29) is 17.2 Å². The van der Waals surface area contributed by atoms with Gasteiger partial charge in [0.15, 0.2) is 0 Å². The normalized spacial score (nSPS) is 22.6. The molecule has 6 heteroatoms. The summed E-state index contributed by atoms with van der Waals surface area (Å²) in [6, 6.07) is 12.8.